The lowest BCUT2D eigenvalue weighted by molar-refractivity contribution is 0.293. The Balaban J connectivity index is 1.67. The molecule has 17 heavy (non-hydrogen) atoms. The fourth-order valence-corrected chi connectivity index (χ4v) is 1.73. The maximum atomic E-state index is 12.6. The lowest BCUT2D eigenvalue weighted by Gasteiger charge is -2.08. The van der Waals surface area contributed by atoms with Gasteiger partial charge in [0.2, 0.25) is 5.95 Å². The van der Waals surface area contributed by atoms with Crippen LogP contribution >= 0.6 is 0 Å². The third-order valence-electron chi connectivity index (χ3n) is 2.77. The van der Waals surface area contributed by atoms with E-state index in [1.807, 2.05) is 6.33 Å². The lowest BCUT2D eigenvalue weighted by Crippen LogP contribution is -2.03. The van der Waals surface area contributed by atoms with E-state index < -0.39 is 5.95 Å². The Morgan fingerprint density at radius 2 is 2.24 bits per heavy atom. The van der Waals surface area contributed by atoms with Crippen LogP contribution in [0.15, 0.2) is 30.9 Å². The zero-order valence-corrected chi connectivity index (χ0v) is 9.21. The van der Waals surface area contributed by atoms with Crippen molar-refractivity contribution in [3.05, 3.63) is 42.5 Å². The average Bonchev–Trinajstić information content (AvgIpc) is 3.08. The zero-order chi connectivity index (χ0) is 11.7. The minimum Gasteiger partial charge on any atom is -0.486 e. The minimum absolute atomic E-state index is 0.434. The molecule has 88 valence electrons. The summed E-state index contributed by atoms with van der Waals surface area (Å²) in [6.07, 6.45) is 7.44. The summed E-state index contributed by atoms with van der Waals surface area (Å²) >= 11 is 0. The van der Waals surface area contributed by atoms with Crippen LogP contribution in [0.2, 0.25) is 0 Å². The standard InChI is InChI=1S/C12H12FN3O/c13-12-4-3-11(6-15-12)17-7-10-5-14-8-16(10)9-1-2-9/h3-6,8-9H,1-2,7H2. The largest absolute Gasteiger partial charge is 0.486 e. The fourth-order valence-electron chi connectivity index (χ4n) is 1.73. The molecule has 1 aliphatic rings. The highest BCUT2D eigenvalue weighted by Crippen LogP contribution is 2.35. The van der Waals surface area contributed by atoms with Crippen LogP contribution in [0.1, 0.15) is 24.6 Å². The third-order valence-corrected chi connectivity index (χ3v) is 2.77. The Morgan fingerprint density at radius 3 is 2.94 bits per heavy atom. The van der Waals surface area contributed by atoms with Gasteiger partial charge >= 0.3 is 0 Å². The Labute approximate surface area is 98.1 Å². The van der Waals surface area contributed by atoms with Crippen LogP contribution < -0.4 is 4.74 Å². The summed E-state index contributed by atoms with van der Waals surface area (Å²) in [5.41, 5.74) is 1.04. The number of hydrogen-bond acceptors (Lipinski definition) is 3. The number of pyridine rings is 1. The minimum atomic E-state index is -0.500. The third kappa shape index (κ3) is 2.27. The quantitative estimate of drug-likeness (QED) is 0.761. The smallest absolute Gasteiger partial charge is 0.213 e. The van der Waals surface area contributed by atoms with Crippen LogP contribution in [0.25, 0.3) is 0 Å². The predicted molar refractivity (Wildman–Crippen MR) is 59.0 cm³/mol. The van der Waals surface area contributed by atoms with Gasteiger partial charge < -0.3 is 9.30 Å². The summed E-state index contributed by atoms with van der Waals surface area (Å²) in [6.45, 7) is 0.434. The van der Waals surface area contributed by atoms with Crippen molar-refractivity contribution in [2.24, 2.45) is 0 Å². The normalized spacial score (nSPS) is 14.9. The molecule has 0 atom stereocenters. The molecule has 1 saturated carbocycles. The van der Waals surface area contributed by atoms with Crippen LogP contribution in [0.3, 0.4) is 0 Å². The molecule has 2 aromatic heterocycles. The van der Waals surface area contributed by atoms with Crippen molar-refractivity contribution in [1.82, 2.24) is 14.5 Å². The van der Waals surface area contributed by atoms with E-state index in [0.717, 1.165) is 5.69 Å². The van der Waals surface area contributed by atoms with Crippen molar-refractivity contribution < 1.29 is 9.13 Å². The lowest BCUT2D eigenvalue weighted by atomic mass is 10.4. The van der Waals surface area contributed by atoms with E-state index in [1.54, 1.807) is 12.3 Å². The molecule has 0 aromatic carbocycles. The number of imidazole rings is 1. The zero-order valence-electron chi connectivity index (χ0n) is 9.21. The summed E-state index contributed by atoms with van der Waals surface area (Å²) < 4.78 is 20.3. The molecule has 1 aliphatic carbocycles. The van der Waals surface area contributed by atoms with Crippen LogP contribution in [-0.2, 0) is 6.61 Å². The van der Waals surface area contributed by atoms with Crippen molar-refractivity contribution >= 4 is 0 Å². The van der Waals surface area contributed by atoms with E-state index in [0.29, 0.717) is 18.4 Å². The molecule has 0 bridgehead atoms. The van der Waals surface area contributed by atoms with E-state index >= 15 is 0 Å². The Kier molecular flexibility index (Phi) is 2.51. The van der Waals surface area contributed by atoms with Crippen LogP contribution in [0, 0.1) is 5.95 Å². The highest BCUT2D eigenvalue weighted by Gasteiger charge is 2.25. The monoisotopic (exact) mass is 233 g/mol. The maximum Gasteiger partial charge on any atom is 0.213 e. The summed E-state index contributed by atoms with van der Waals surface area (Å²) in [6, 6.07) is 3.44. The molecular weight excluding hydrogens is 221 g/mol. The molecular formula is C12H12FN3O. The predicted octanol–water partition coefficient (Wildman–Crippen LogP) is 2.33. The molecule has 0 aliphatic heterocycles. The number of rotatable bonds is 4. The van der Waals surface area contributed by atoms with Gasteiger partial charge in [-0.05, 0) is 25.0 Å². The second-order valence-corrected chi connectivity index (χ2v) is 4.13. The second kappa shape index (κ2) is 4.16. The van der Waals surface area contributed by atoms with Crippen molar-refractivity contribution in [1.29, 1.82) is 0 Å². The Hall–Kier alpha value is -1.91. The summed E-state index contributed by atoms with van der Waals surface area (Å²) in [4.78, 5) is 7.65. The van der Waals surface area contributed by atoms with E-state index in [1.165, 1.54) is 25.1 Å². The van der Waals surface area contributed by atoms with Gasteiger partial charge in [0.15, 0.2) is 0 Å². The number of halogens is 1. The molecule has 0 amide bonds. The number of ether oxygens (including phenoxy) is 1. The number of nitrogens with zero attached hydrogens (tertiary/aromatic N) is 3. The molecule has 2 aromatic rings. The number of hydrogen-bond donors (Lipinski definition) is 0. The van der Waals surface area contributed by atoms with Gasteiger partial charge in [-0.1, -0.05) is 0 Å². The number of aromatic nitrogens is 3. The van der Waals surface area contributed by atoms with Gasteiger partial charge in [-0.15, -0.1) is 0 Å². The van der Waals surface area contributed by atoms with Gasteiger partial charge in [-0.25, -0.2) is 9.97 Å². The molecule has 3 rings (SSSR count). The topological polar surface area (TPSA) is 39.9 Å². The Bertz CT molecular complexity index is 505. The van der Waals surface area contributed by atoms with E-state index in [4.69, 9.17) is 4.74 Å². The highest BCUT2D eigenvalue weighted by molar-refractivity contribution is 5.16. The first-order valence-electron chi connectivity index (χ1n) is 5.58. The van der Waals surface area contributed by atoms with Crippen molar-refractivity contribution in [3.8, 4) is 5.75 Å². The maximum absolute atomic E-state index is 12.6. The first kappa shape index (κ1) is 10.3. The van der Waals surface area contributed by atoms with Gasteiger partial charge in [0, 0.05) is 6.04 Å². The van der Waals surface area contributed by atoms with Gasteiger partial charge in [0.05, 0.1) is 24.4 Å². The Morgan fingerprint density at radius 1 is 1.35 bits per heavy atom. The molecule has 0 saturated heterocycles. The SMILES string of the molecule is Fc1ccc(OCc2cncn2C2CC2)cn1. The van der Waals surface area contributed by atoms with Crippen LogP contribution in [0.5, 0.6) is 5.75 Å². The molecule has 5 heteroatoms. The summed E-state index contributed by atoms with van der Waals surface area (Å²) in [5.74, 6) is 0.0651. The van der Waals surface area contributed by atoms with Crippen LogP contribution in [0.4, 0.5) is 4.39 Å². The molecule has 0 unspecified atom stereocenters. The van der Waals surface area contributed by atoms with Gasteiger partial charge in [0.1, 0.15) is 12.4 Å². The molecule has 0 N–H and O–H groups in total. The first-order chi connectivity index (χ1) is 8.33. The fraction of sp³-hybridized carbons (Fsp3) is 0.333. The summed E-state index contributed by atoms with van der Waals surface area (Å²) in [7, 11) is 0. The van der Waals surface area contributed by atoms with E-state index in [2.05, 4.69) is 14.5 Å². The average molecular weight is 233 g/mol. The van der Waals surface area contributed by atoms with Crippen molar-refractivity contribution in [2.45, 2.75) is 25.5 Å². The molecule has 0 radical (unpaired) electrons. The molecule has 0 spiro atoms. The van der Waals surface area contributed by atoms with Crippen LogP contribution in [-0.4, -0.2) is 14.5 Å². The molecule has 1 fully saturated rings. The van der Waals surface area contributed by atoms with Gasteiger partial charge in [-0.2, -0.15) is 4.39 Å². The van der Waals surface area contributed by atoms with Crippen molar-refractivity contribution in [2.75, 3.05) is 0 Å². The van der Waals surface area contributed by atoms with Gasteiger partial charge in [0.25, 0.3) is 0 Å². The van der Waals surface area contributed by atoms with E-state index in [9.17, 15) is 4.39 Å². The first-order valence-corrected chi connectivity index (χ1v) is 5.58. The summed E-state index contributed by atoms with van der Waals surface area (Å²) in [5, 5.41) is 0. The highest BCUT2D eigenvalue weighted by atomic mass is 19.1. The molecule has 4 nitrogen and oxygen atoms in total. The van der Waals surface area contributed by atoms with Crippen molar-refractivity contribution in [3.63, 3.8) is 0 Å². The second-order valence-electron chi connectivity index (χ2n) is 4.13. The molecule has 2 heterocycles. The van der Waals surface area contributed by atoms with E-state index in [-0.39, 0.29) is 0 Å². The van der Waals surface area contributed by atoms with Gasteiger partial charge in [-0.3, -0.25) is 0 Å².